The number of amides is 2. The number of phenols is 2. The van der Waals surface area contributed by atoms with Crippen molar-refractivity contribution in [3.05, 3.63) is 118 Å². The third-order valence-corrected chi connectivity index (χ3v) is 9.94. The van der Waals surface area contributed by atoms with Crippen LogP contribution in [0.25, 0.3) is 23.1 Å². The molecule has 0 saturated carbocycles. The number of phenolic OH excluding ortho intramolecular Hbond substituents is 2. The lowest BCUT2D eigenvalue weighted by Gasteiger charge is -2.44. The highest BCUT2D eigenvalue weighted by Gasteiger charge is 2.51. The zero-order valence-corrected chi connectivity index (χ0v) is 30.6. The summed E-state index contributed by atoms with van der Waals surface area (Å²) in [5.41, 5.74) is 4.87. The maximum atomic E-state index is 14.2. The van der Waals surface area contributed by atoms with Gasteiger partial charge in [0, 0.05) is 44.6 Å². The largest absolute Gasteiger partial charge is 0.507 e. The Hall–Kier alpha value is -5.37. The number of benzene rings is 2. The van der Waals surface area contributed by atoms with E-state index in [1.54, 1.807) is 12.2 Å². The molecular weight excluding hydrogens is 638 g/mol. The molecule has 1 aromatic heterocycles. The van der Waals surface area contributed by atoms with Crippen LogP contribution in [-0.2, 0) is 27.8 Å². The van der Waals surface area contributed by atoms with Gasteiger partial charge >= 0.3 is 0 Å². The topological polar surface area (TPSA) is 132 Å². The van der Waals surface area contributed by atoms with Crippen molar-refractivity contribution in [2.45, 2.75) is 78.7 Å². The summed E-state index contributed by atoms with van der Waals surface area (Å²) >= 11 is 0. The number of aromatic amines is 1. The fourth-order valence-electron chi connectivity index (χ4n) is 6.84. The number of allylic oxidation sites excluding steroid dienone is 6. The van der Waals surface area contributed by atoms with Crippen LogP contribution in [-0.4, -0.2) is 38.8 Å². The van der Waals surface area contributed by atoms with Crippen LogP contribution in [0.3, 0.4) is 0 Å². The number of fused-ring (bicyclic) bond motifs is 1. The molecule has 2 aromatic carbocycles. The van der Waals surface area contributed by atoms with Crippen molar-refractivity contribution in [2.75, 3.05) is 0 Å². The number of rotatable bonds is 10. The third kappa shape index (κ3) is 7.41. The molecule has 1 aliphatic heterocycles. The molecule has 266 valence electrons. The van der Waals surface area contributed by atoms with E-state index in [-0.39, 0.29) is 40.1 Å². The van der Waals surface area contributed by atoms with Gasteiger partial charge in [0.1, 0.15) is 22.7 Å². The maximum absolute atomic E-state index is 14.2. The molecule has 0 bridgehead atoms. The molecule has 3 unspecified atom stereocenters. The Labute approximate surface area is 300 Å². The molecule has 8 heteroatoms. The fourth-order valence-corrected chi connectivity index (χ4v) is 6.84. The van der Waals surface area contributed by atoms with E-state index in [9.17, 15) is 24.6 Å². The van der Waals surface area contributed by atoms with E-state index < -0.39 is 22.8 Å². The second kappa shape index (κ2) is 14.5. The number of carbonyl (C=O) groups is 3. The maximum Gasteiger partial charge on any atom is 0.268 e. The van der Waals surface area contributed by atoms with E-state index in [2.05, 4.69) is 54.3 Å². The highest BCUT2D eigenvalue weighted by atomic mass is 16.3. The van der Waals surface area contributed by atoms with Crippen molar-refractivity contribution in [3.8, 4) is 11.5 Å². The molecular formula is C43H49N3O5. The van der Waals surface area contributed by atoms with Crippen LogP contribution >= 0.6 is 0 Å². The first-order valence-corrected chi connectivity index (χ1v) is 17.4. The van der Waals surface area contributed by atoms with Crippen LogP contribution in [0.1, 0.15) is 93.2 Å². The molecule has 2 amide bonds. The quantitative estimate of drug-likeness (QED) is 0.0636. The zero-order valence-electron chi connectivity index (χ0n) is 30.6. The van der Waals surface area contributed by atoms with Crippen molar-refractivity contribution in [2.24, 2.45) is 11.8 Å². The van der Waals surface area contributed by atoms with Crippen molar-refractivity contribution < 1.29 is 24.6 Å². The van der Waals surface area contributed by atoms with E-state index in [0.29, 0.717) is 24.7 Å². The predicted octanol–water partition coefficient (Wildman–Crippen LogP) is 8.12. The number of aromatic nitrogens is 1. The molecule has 1 saturated heterocycles. The highest BCUT2D eigenvalue weighted by molar-refractivity contribution is 6.11. The van der Waals surface area contributed by atoms with Gasteiger partial charge in [0.25, 0.3) is 11.8 Å². The number of aromatic hydroxyl groups is 2. The molecule has 5 rings (SSSR count). The summed E-state index contributed by atoms with van der Waals surface area (Å²) < 4.78 is 0. The van der Waals surface area contributed by atoms with Crippen molar-refractivity contribution in [3.63, 3.8) is 0 Å². The third-order valence-electron chi connectivity index (χ3n) is 9.94. The molecule has 1 aliphatic carbocycles. The molecule has 5 N–H and O–H groups in total. The summed E-state index contributed by atoms with van der Waals surface area (Å²) in [5.74, 6) is -1.81. The van der Waals surface area contributed by atoms with E-state index in [1.165, 1.54) is 17.7 Å². The van der Waals surface area contributed by atoms with Gasteiger partial charge < -0.3 is 25.8 Å². The fraction of sp³-hybridized carbons (Fsp3) is 0.326. The summed E-state index contributed by atoms with van der Waals surface area (Å²) in [6, 6.07) is 7.68. The number of hydrogen-bond acceptors (Lipinski definition) is 5. The van der Waals surface area contributed by atoms with Crippen LogP contribution in [0.4, 0.5) is 0 Å². The van der Waals surface area contributed by atoms with Gasteiger partial charge in [-0.25, -0.2) is 0 Å². The average Bonchev–Trinajstić information content (AvgIpc) is 3.44. The van der Waals surface area contributed by atoms with Gasteiger partial charge in [-0.1, -0.05) is 86.6 Å². The first-order valence-electron chi connectivity index (χ1n) is 17.4. The Kier molecular flexibility index (Phi) is 10.5. The Balaban J connectivity index is 1.52. The van der Waals surface area contributed by atoms with Crippen LogP contribution in [0.15, 0.2) is 84.1 Å². The number of carbonyl (C=O) groups excluding carboxylic acids is 3. The lowest BCUT2D eigenvalue weighted by Crippen LogP contribution is -2.68. The lowest BCUT2D eigenvalue weighted by molar-refractivity contribution is -0.138. The standard InChI is InChI=1S/C43H49N3O5/c1-9-42(7,8)39-33(31-18-14-28(13-10-25(2)3)20-35(31)44-39)22-36-40(50)46-43(41(51)45-36)23-27(6)12-16-30(43)17-19-32-34(24-47)38(49)29(21-37(32)48)15-11-26(4)5/h9-12,14,16-22,24,27,30,44,48-49H,1,13,15,23H2,2-8H3,(H,45,51)(H,46,50). The minimum atomic E-state index is -1.33. The van der Waals surface area contributed by atoms with E-state index in [4.69, 9.17) is 0 Å². The number of piperazine rings is 1. The zero-order chi connectivity index (χ0) is 37.2. The molecule has 1 fully saturated rings. The lowest BCUT2D eigenvalue weighted by atomic mass is 9.71. The van der Waals surface area contributed by atoms with Crippen molar-refractivity contribution >= 4 is 41.2 Å². The van der Waals surface area contributed by atoms with Crippen LogP contribution in [0.5, 0.6) is 11.5 Å². The summed E-state index contributed by atoms with van der Waals surface area (Å²) in [4.78, 5) is 43.9. The van der Waals surface area contributed by atoms with Crippen LogP contribution in [0.2, 0.25) is 0 Å². The Morgan fingerprint density at radius 3 is 2.37 bits per heavy atom. The van der Waals surface area contributed by atoms with E-state index in [0.717, 1.165) is 39.7 Å². The molecule has 8 nitrogen and oxygen atoms in total. The minimum Gasteiger partial charge on any atom is -0.507 e. The first kappa shape index (κ1) is 36.9. The normalized spacial score (nSPS) is 21.2. The number of aldehydes is 1. The molecule has 3 atom stereocenters. The number of hydrogen-bond donors (Lipinski definition) is 5. The molecule has 2 aliphatic rings. The summed E-state index contributed by atoms with van der Waals surface area (Å²) in [5, 5.41) is 28.7. The van der Waals surface area contributed by atoms with Crippen LogP contribution < -0.4 is 10.6 Å². The smallest absolute Gasteiger partial charge is 0.268 e. The molecule has 3 aromatic rings. The summed E-state index contributed by atoms with van der Waals surface area (Å²) in [7, 11) is 0. The van der Waals surface area contributed by atoms with Gasteiger partial charge in [-0.3, -0.25) is 14.4 Å². The second-order valence-electron chi connectivity index (χ2n) is 14.9. The SMILES string of the molecule is C=CC(C)(C)c1[nH]c2cc(CC=C(C)C)ccc2c1C=C1NC(=O)C2(CC(C)C=CC2C=Cc2c(O)cc(CC=C(C)C)c(O)c2C=O)NC1=O. The van der Waals surface area contributed by atoms with Crippen molar-refractivity contribution in [1.82, 2.24) is 15.6 Å². The first-order chi connectivity index (χ1) is 24.1. The molecule has 2 heterocycles. The monoisotopic (exact) mass is 687 g/mol. The van der Waals surface area contributed by atoms with Crippen molar-refractivity contribution in [1.29, 1.82) is 0 Å². The number of H-pyrrole nitrogens is 1. The van der Waals surface area contributed by atoms with Gasteiger partial charge in [-0.2, -0.15) is 0 Å². The van der Waals surface area contributed by atoms with Gasteiger partial charge in [-0.15, -0.1) is 6.58 Å². The molecule has 1 spiro atoms. The molecule has 51 heavy (non-hydrogen) atoms. The van der Waals surface area contributed by atoms with E-state index >= 15 is 0 Å². The van der Waals surface area contributed by atoms with E-state index in [1.807, 2.05) is 65.0 Å². The molecule has 0 radical (unpaired) electrons. The Morgan fingerprint density at radius 1 is 1.00 bits per heavy atom. The number of nitrogens with one attached hydrogen (secondary N) is 3. The van der Waals surface area contributed by atoms with Gasteiger partial charge in [0.05, 0.1) is 5.56 Å². The minimum absolute atomic E-state index is 0.0160. The Bertz CT molecular complexity index is 2060. The van der Waals surface area contributed by atoms with Gasteiger partial charge in [0.15, 0.2) is 6.29 Å². The average molecular weight is 688 g/mol. The predicted molar refractivity (Wildman–Crippen MR) is 205 cm³/mol. The summed E-state index contributed by atoms with van der Waals surface area (Å²) in [6.07, 6.45) is 16.7. The van der Waals surface area contributed by atoms with Gasteiger partial charge in [-0.05, 0) is 76.6 Å². The van der Waals surface area contributed by atoms with Gasteiger partial charge in [0.2, 0.25) is 0 Å². The Morgan fingerprint density at radius 2 is 1.71 bits per heavy atom. The summed E-state index contributed by atoms with van der Waals surface area (Å²) in [6.45, 7) is 18.1. The van der Waals surface area contributed by atoms with Crippen LogP contribution in [0, 0.1) is 11.8 Å². The highest BCUT2D eigenvalue weighted by Crippen LogP contribution is 2.40. The second-order valence-corrected chi connectivity index (χ2v) is 14.9.